The summed E-state index contributed by atoms with van der Waals surface area (Å²) in [6.45, 7) is 3.25. The van der Waals surface area contributed by atoms with E-state index in [9.17, 15) is 15.0 Å². The first-order valence-corrected chi connectivity index (χ1v) is 17.2. The van der Waals surface area contributed by atoms with Crippen molar-refractivity contribution in [3.05, 3.63) is 71.8 Å². The number of morpholine rings is 1. The Balaban J connectivity index is 0.000000174. The zero-order valence-corrected chi connectivity index (χ0v) is 27.7. The van der Waals surface area contributed by atoms with E-state index in [1.807, 2.05) is 30.3 Å². The summed E-state index contributed by atoms with van der Waals surface area (Å²) in [6, 6.07) is 20.5. The number of carbonyl (C=O) groups is 1. The van der Waals surface area contributed by atoms with Crippen molar-refractivity contribution in [2.75, 3.05) is 33.3 Å². The maximum Gasteiger partial charge on any atom is 0.316 e. The molecule has 7 rings (SSSR count). The predicted octanol–water partition coefficient (Wildman–Crippen LogP) is 5.67. The second kappa shape index (κ2) is 15.7. The van der Waals surface area contributed by atoms with Crippen molar-refractivity contribution in [2.45, 2.75) is 113 Å². The monoisotopic (exact) mass is 640 g/mol. The normalized spacial score (nSPS) is 30.1. The van der Waals surface area contributed by atoms with Crippen LogP contribution in [0.25, 0.3) is 0 Å². The summed E-state index contributed by atoms with van der Waals surface area (Å²) in [5.41, 5.74) is 1.31. The van der Waals surface area contributed by atoms with E-state index in [2.05, 4.69) is 47.2 Å². The molecule has 2 bridgehead atoms. The Morgan fingerprint density at radius 1 is 0.911 bits per heavy atom. The van der Waals surface area contributed by atoms with Gasteiger partial charge in [0.2, 0.25) is 0 Å². The topological polar surface area (TPSA) is 85.8 Å². The smallest absolute Gasteiger partial charge is 0.316 e. The fourth-order valence-corrected chi connectivity index (χ4v) is 8.45. The Morgan fingerprint density at radius 2 is 1.49 bits per heavy atom. The van der Waals surface area contributed by atoms with Gasteiger partial charge in [-0.3, -0.25) is 9.69 Å². The lowest BCUT2D eigenvalue weighted by atomic mass is 9.71. The van der Waals surface area contributed by atoms with Crippen LogP contribution in [-0.2, 0) is 19.9 Å². The van der Waals surface area contributed by atoms with Crippen molar-refractivity contribution in [3.8, 4) is 0 Å². The van der Waals surface area contributed by atoms with Gasteiger partial charge in [-0.05, 0) is 69.3 Å². The first kappa shape index (κ1) is 34.3. The number of benzene rings is 2. The van der Waals surface area contributed by atoms with Gasteiger partial charge in [0.15, 0.2) is 0 Å². The highest BCUT2D eigenvalue weighted by atomic mass is 35.5. The molecule has 0 aromatic heterocycles. The standard InChI is InChI=1S/C20H31NO.C17H21NO4.ClH/c22-20(18-10-4-1-5-11-18,19-12-6-2-7-13-19)14-17-21-15-8-3-9-16-21;1-18-13-7-11(8-14(18)16-15(13)22-16)21-17(20)12(9-19)10-5-3-2-4-6-10;/h1,4-5,10-11,19,22H,2-3,6-9,12-17H2;2-6,11-16,19H,7-9H2,1H3;1H/t;11?,12-,13-,14+,15-,16+;/m.1./s1. The maximum absolute atomic E-state index is 12.4. The van der Waals surface area contributed by atoms with E-state index in [4.69, 9.17) is 9.47 Å². The van der Waals surface area contributed by atoms with Crippen molar-refractivity contribution in [1.82, 2.24) is 9.80 Å². The number of likely N-dealkylation sites (tertiary alicyclic amines) is 1. The van der Waals surface area contributed by atoms with Gasteiger partial charge in [0, 0.05) is 31.5 Å². The van der Waals surface area contributed by atoms with E-state index in [1.54, 1.807) is 0 Å². The van der Waals surface area contributed by atoms with E-state index in [-0.39, 0.29) is 31.1 Å². The number of hydrogen-bond acceptors (Lipinski definition) is 7. The first-order valence-electron chi connectivity index (χ1n) is 17.2. The van der Waals surface area contributed by atoms with Gasteiger partial charge in [-0.2, -0.15) is 0 Å². The number of aliphatic hydroxyl groups is 2. The number of halogens is 1. The maximum atomic E-state index is 12.4. The molecule has 0 spiro atoms. The van der Waals surface area contributed by atoms with Gasteiger partial charge in [0.1, 0.15) is 24.2 Å². The Morgan fingerprint density at radius 3 is 2.09 bits per heavy atom. The van der Waals surface area contributed by atoms with E-state index in [1.165, 1.54) is 64.5 Å². The molecule has 4 saturated heterocycles. The Kier molecular flexibility index (Phi) is 12.0. The van der Waals surface area contributed by atoms with Crippen LogP contribution in [0.3, 0.4) is 0 Å². The second-order valence-electron chi connectivity index (χ2n) is 13.8. The van der Waals surface area contributed by atoms with E-state index >= 15 is 0 Å². The quantitative estimate of drug-likeness (QED) is 0.270. The lowest BCUT2D eigenvalue weighted by molar-refractivity contribution is -0.156. The third kappa shape index (κ3) is 7.94. The molecular formula is C37H53ClN2O5. The minimum Gasteiger partial charge on any atom is -0.462 e. The molecule has 0 radical (unpaired) electrons. The highest BCUT2D eigenvalue weighted by Crippen LogP contribution is 2.48. The molecular weight excluding hydrogens is 588 g/mol. The average Bonchev–Trinajstić information content (AvgIpc) is 3.85. The first-order chi connectivity index (χ1) is 21.5. The summed E-state index contributed by atoms with van der Waals surface area (Å²) in [7, 11) is 2.13. The van der Waals surface area contributed by atoms with Gasteiger partial charge in [-0.25, -0.2) is 0 Å². The zero-order chi connectivity index (χ0) is 30.5. The van der Waals surface area contributed by atoms with Gasteiger partial charge in [-0.15, -0.1) is 12.4 Å². The second-order valence-corrected chi connectivity index (χ2v) is 13.8. The molecule has 7 nitrogen and oxygen atoms in total. The number of esters is 1. The van der Waals surface area contributed by atoms with Gasteiger partial charge >= 0.3 is 5.97 Å². The SMILES string of the molecule is CN1[C@@H]2CC(OC(=O)[C@H](CO)c3ccccc3)C[C@H]1[C@@H]1O[C@@H]12.Cl.OC(CCN1CCCCC1)(c1ccccc1)C1CCCCC1. The van der Waals surface area contributed by atoms with Gasteiger partial charge in [0.05, 0.1) is 12.2 Å². The summed E-state index contributed by atoms with van der Waals surface area (Å²) in [6.07, 6.45) is 13.5. The number of piperidine rings is 2. The highest BCUT2D eigenvalue weighted by molar-refractivity contribution is 5.85. The van der Waals surface area contributed by atoms with Crippen LogP contribution in [0.4, 0.5) is 0 Å². The summed E-state index contributed by atoms with van der Waals surface area (Å²) < 4.78 is 11.4. The van der Waals surface area contributed by atoms with E-state index in [0.717, 1.165) is 36.9 Å². The van der Waals surface area contributed by atoms with Gasteiger partial charge in [0.25, 0.3) is 0 Å². The number of rotatable bonds is 9. The van der Waals surface area contributed by atoms with Crippen LogP contribution < -0.4 is 0 Å². The fourth-order valence-electron chi connectivity index (χ4n) is 8.45. The molecule has 4 aliphatic heterocycles. The summed E-state index contributed by atoms with van der Waals surface area (Å²) >= 11 is 0. The number of ether oxygens (including phenoxy) is 2. The molecule has 2 N–H and O–H groups in total. The van der Waals surface area contributed by atoms with Crippen LogP contribution in [0.5, 0.6) is 0 Å². The predicted molar refractivity (Wildman–Crippen MR) is 178 cm³/mol. The summed E-state index contributed by atoms with van der Waals surface area (Å²) in [4.78, 5) is 17.3. The number of likely N-dealkylation sites (N-methyl/N-ethyl adjacent to an activating group) is 1. The third-order valence-electron chi connectivity index (χ3n) is 11.1. The van der Waals surface area contributed by atoms with Gasteiger partial charge in [-0.1, -0.05) is 86.3 Å². The average molecular weight is 641 g/mol. The zero-order valence-electron chi connectivity index (χ0n) is 26.8. The largest absolute Gasteiger partial charge is 0.462 e. The Labute approximate surface area is 275 Å². The molecule has 2 aromatic carbocycles. The van der Waals surface area contributed by atoms with Crippen molar-refractivity contribution < 1.29 is 24.5 Å². The third-order valence-corrected chi connectivity index (χ3v) is 11.1. The number of epoxide rings is 1. The molecule has 2 unspecified atom stereocenters. The Bertz CT molecular complexity index is 1170. The summed E-state index contributed by atoms with van der Waals surface area (Å²) in [5, 5.41) is 21.2. The van der Waals surface area contributed by atoms with Crippen molar-refractivity contribution >= 4 is 18.4 Å². The lowest BCUT2D eigenvalue weighted by Gasteiger charge is -2.40. The lowest BCUT2D eigenvalue weighted by Crippen LogP contribution is -2.48. The molecule has 4 heterocycles. The molecule has 1 saturated carbocycles. The number of fused-ring (bicyclic) bond motifs is 5. The van der Waals surface area contributed by atoms with Crippen molar-refractivity contribution in [1.29, 1.82) is 0 Å². The van der Waals surface area contributed by atoms with Gasteiger partial charge < -0.3 is 24.6 Å². The molecule has 8 heteroatoms. The molecule has 248 valence electrons. The van der Waals surface area contributed by atoms with Crippen LogP contribution in [-0.4, -0.2) is 89.7 Å². The summed E-state index contributed by atoms with van der Waals surface area (Å²) in [5.74, 6) is -0.477. The highest BCUT2D eigenvalue weighted by Gasteiger charge is 2.62. The molecule has 2 aromatic rings. The molecule has 7 atom stereocenters. The molecule has 1 aliphatic carbocycles. The number of hydrogen-bond donors (Lipinski definition) is 2. The van der Waals surface area contributed by atoms with Crippen molar-refractivity contribution in [2.24, 2.45) is 5.92 Å². The molecule has 0 amide bonds. The van der Waals surface area contributed by atoms with E-state index in [0.29, 0.717) is 30.2 Å². The van der Waals surface area contributed by atoms with Crippen LogP contribution in [0, 0.1) is 5.92 Å². The van der Waals surface area contributed by atoms with Crippen molar-refractivity contribution in [3.63, 3.8) is 0 Å². The minimum absolute atomic E-state index is 0. The molecule has 5 aliphatic rings. The number of nitrogens with zero attached hydrogens (tertiary/aromatic N) is 2. The van der Waals surface area contributed by atoms with Crippen LogP contribution in [0.2, 0.25) is 0 Å². The van der Waals surface area contributed by atoms with Crippen LogP contribution >= 0.6 is 12.4 Å². The van der Waals surface area contributed by atoms with Crippen LogP contribution in [0.1, 0.15) is 87.7 Å². The Hall–Kier alpha value is -2.00. The van der Waals surface area contributed by atoms with E-state index < -0.39 is 11.5 Å². The molecule has 45 heavy (non-hydrogen) atoms. The fraction of sp³-hybridized carbons (Fsp3) is 0.649. The minimum atomic E-state index is -0.626. The number of carbonyl (C=O) groups excluding carboxylic acids is 1. The van der Waals surface area contributed by atoms with Crippen LogP contribution in [0.15, 0.2) is 60.7 Å². The molecule has 5 fully saturated rings. The number of aliphatic hydroxyl groups excluding tert-OH is 1.